The molecule has 1 saturated carbocycles. The quantitative estimate of drug-likeness (QED) is 0.352. The lowest BCUT2D eigenvalue weighted by Gasteiger charge is -2.34. The first-order valence-electron chi connectivity index (χ1n) is 10.8. The molecule has 0 aromatic rings. The van der Waals surface area contributed by atoms with Crippen LogP contribution >= 0.6 is 0 Å². The molecule has 0 radical (unpaired) electrons. The van der Waals surface area contributed by atoms with Crippen molar-refractivity contribution in [1.29, 1.82) is 0 Å². The van der Waals surface area contributed by atoms with Crippen molar-refractivity contribution in [2.45, 2.75) is 25.7 Å². The predicted octanol–water partition coefficient (Wildman–Crippen LogP) is -0.290. The lowest BCUT2D eigenvalue weighted by Crippen LogP contribution is -2.47. The Hall–Kier alpha value is -1.61. The van der Waals surface area contributed by atoms with E-state index in [-0.39, 0.29) is 36.9 Å². The van der Waals surface area contributed by atoms with Crippen molar-refractivity contribution >= 4 is 17.5 Å². The molecule has 0 aromatic carbocycles. The maximum atomic E-state index is 12.6. The van der Waals surface area contributed by atoms with Gasteiger partial charge in [0.25, 0.3) is 0 Å². The van der Waals surface area contributed by atoms with Crippen LogP contribution in [0, 0.1) is 5.92 Å². The number of nitrogens with zero attached hydrogens (tertiary/aromatic N) is 3. The standard InChI is InChI=1S/C21H33N3O5/c25-12-9-23-7-5-22(6-8-23)4-2-1-3-18-19(26)15-17(16-20(18)27)21(28)24-10-13-29-14-11-24/h3,17,25H,1-2,4-16H2. The minimum atomic E-state index is -0.513. The molecule has 8 heteroatoms. The number of aliphatic hydroxyl groups excluding tert-OH is 1. The second kappa shape index (κ2) is 11.0. The number of ether oxygens (including phenoxy) is 1. The molecule has 1 N–H and O–H groups in total. The number of Topliss-reactive ketones (excluding diaryl/α,β-unsaturated/α-hetero) is 2. The van der Waals surface area contributed by atoms with E-state index >= 15 is 0 Å². The second-order valence-corrected chi connectivity index (χ2v) is 8.06. The minimum absolute atomic E-state index is 0.0885. The van der Waals surface area contributed by atoms with Gasteiger partial charge in [-0.25, -0.2) is 0 Å². The third-order valence-electron chi connectivity index (χ3n) is 6.04. The molecule has 2 saturated heterocycles. The molecule has 0 aromatic heterocycles. The van der Waals surface area contributed by atoms with Crippen LogP contribution in [0.4, 0.5) is 0 Å². The number of aliphatic hydroxyl groups is 1. The number of morpholine rings is 1. The van der Waals surface area contributed by atoms with Gasteiger partial charge in [0.2, 0.25) is 5.91 Å². The van der Waals surface area contributed by atoms with Crippen molar-refractivity contribution in [3.63, 3.8) is 0 Å². The summed E-state index contributed by atoms with van der Waals surface area (Å²) in [5, 5.41) is 8.99. The van der Waals surface area contributed by atoms with Crippen molar-refractivity contribution in [3.05, 3.63) is 11.6 Å². The normalized spacial score (nSPS) is 24.8. The van der Waals surface area contributed by atoms with Crippen LogP contribution in [0.1, 0.15) is 25.7 Å². The molecule has 0 bridgehead atoms. The number of amides is 1. The maximum Gasteiger partial charge on any atom is 0.226 e. The molecule has 0 unspecified atom stereocenters. The topological polar surface area (TPSA) is 90.4 Å². The predicted molar refractivity (Wildman–Crippen MR) is 107 cm³/mol. The largest absolute Gasteiger partial charge is 0.395 e. The number of β-amino-alcohol motifs (C(OH)–C–C–N with tert-alkyl or cyclic N) is 1. The molecule has 2 aliphatic heterocycles. The Bertz CT molecular complexity index is 602. The molecule has 162 valence electrons. The number of piperazine rings is 1. The molecule has 3 rings (SSSR count). The van der Waals surface area contributed by atoms with Gasteiger partial charge < -0.3 is 19.6 Å². The Morgan fingerprint density at radius 3 is 2.14 bits per heavy atom. The maximum absolute atomic E-state index is 12.6. The molecular formula is C21H33N3O5. The first-order chi connectivity index (χ1) is 14.1. The zero-order valence-corrected chi connectivity index (χ0v) is 17.2. The Morgan fingerprint density at radius 1 is 0.966 bits per heavy atom. The van der Waals surface area contributed by atoms with E-state index in [0.717, 1.165) is 45.7 Å². The van der Waals surface area contributed by atoms with Crippen LogP contribution in [0.2, 0.25) is 0 Å². The summed E-state index contributed by atoms with van der Waals surface area (Å²) in [7, 11) is 0. The van der Waals surface area contributed by atoms with Crippen LogP contribution in [0.25, 0.3) is 0 Å². The Morgan fingerprint density at radius 2 is 1.55 bits per heavy atom. The van der Waals surface area contributed by atoms with Crippen molar-refractivity contribution in [1.82, 2.24) is 14.7 Å². The average molecular weight is 408 g/mol. The van der Waals surface area contributed by atoms with Gasteiger partial charge in [-0.1, -0.05) is 6.08 Å². The monoisotopic (exact) mass is 407 g/mol. The third-order valence-corrected chi connectivity index (χ3v) is 6.04. The van der Waals surface area contributed by atoms with E-state index in [2.05, 4.69) is 9.80 Å². The van der Waals surface area contributed by atoms with E-state index < -0.39 is 5.92 Å². The highest BCUT2D eigenvalue weighted by atomic mass is 16.5. The van der Waals surface area contributed by atoms with Gasteiger partial charge in [0.1, 0.15) is 0 Å². The van der Waals surface area contributed by atoms with Gasteiger partial charge in [0.05, 0.1) is 31.3 Å². The Balaban J connectivity index is 1.41. The van der Waals surface area contributed by atoms with Gasteiger partial charge >= 0.3 is 0 Å². The van der Waals surface area contributed by atoms with Gasteiger partial charge in [-0.2, -0.15) is 0 Å². The van der Waals surface area contributed by atoms with Crippen LogP contribution in [-0.4, -0.2) is 109 Å². The molecule has 3 fully saturated rings. The first kappa shape index (κ1) is 22.1. The number of unbranched alkanes of at least 4 members (excludes halogenated alkanes) is 1. The number of carbonyl (C=O) groups is 3. The van der Waals surface area contributed by atoms with E-state index in [0.29, 0.717) is 38.3 Å². The highest BCUT2D eigenvalue weighted by Crippen LogP contribution is 2.25. The smallest absolute Gasteiger partial charge is 0.226 e. The Kier molecular flexibility index (Phi) is 8.35. The van der Waals surface area contributed by atoms with Gasteiger partial charge in [0.15, 0.2) is 11.6 Å². The highest BCUT2D eigenvalue weighted by Gasteiger charge is 2.36. The van der Waals surface area contributed by atoms with E-state index in [9.17, 15) is 14.4 Å². The molecular weight excluding hydrogens is 374 g/mol. The minimum Gasteiger partial charge on any atom is -0.395 e. The van der Waals surface area contributed by atoms with Crippen molar-refractivity contribution in [2.75, 3.05) is 72.2 Å². The first-order valence-corrected chi connectivity index (χ1v) is 10.8. The van der Waals surface area contributed by atoms with Gasteiger partial charge in [-0.3, -0.25) is 19.3 Å². The summed E-state index contributed by atoms with van der Waals surface area (Å²) in [5.74, 6) is -0.981. The molecule has 0 spiro atoms. The second-order valence-electron chi connectivity index (χ2n) is 8.06. The lowest BCUT2D eigenvalue weighted by atomic mass is 9.82. The SMILES string of the molecule is O=C1CC(C(=O)N2CCOCC2)CC(=O)C1=CCCCN1CCN(CCO)CC1. The summed E-state index contributed by atoms with van der Waals surface area (Å²) in [5.41, 5.74) is 0.295. The molecule has 1 amide bonds. The number of hydrogen-bond donors (Lipinski definition) is 1. The summed E-state index contributed by atoms with van der Waals surface area (Å²) >= 11 is 0. The van der Waals surface area contributed by atoms with Crippen molar-refractivity contribution in [2.24, 2.45) is 5.92 Å². The molecule has 29 heavy (non-hydrogen) atoms. The molecule has 3 aliphatic rings. The van der Waals surface area contributed by atoms with E-state index in [1.165, 1.54) is 0 Å². The van der Waals surface area contributed by atoms with Crippen LogP contribution in [-0.2, 0) is 19.1 Å². The van der Waals surface area contributed by atoms with Crippen molar-refractivity contribution < 1.29 is 24.2 Å². The van der Waals surface area contributed by atoms with Crippen LogP contribution in [0.15, 0.2) is 11.6 Å². The van der Waals surface area contributed by atoms with Crippen molar-refractivity contribution in [3.8, 4) is 0 Å². The van der Waals surface area contributed by atoms with Gasteiger partial charge in [-0.05, 0) is 19.4 Å². The summed E-state index contributed by atoms with van der Waals surface area (Å²) in [6.45, 7) is 7.90. The summed E-state index contributed by atoms with van der Waals surface area (Å²) in [6, 6.07) is 0. The number of ketones is 2. The zero-order chi connectivity index (χ0) is 20.6. The Labute approximate surface area is 172 Å². The third kappa shape index (κ3) is 6.18. The molecule has 1 aliphatic carbocycles. The fourth-order valence-corrected chi connectivity index (χ4v) is 4.28. The fraction of sp³-hybridized carbons (Fsp3) is 0.762. The van der Waals surface area contributed by atoms with E-state index in [4.69, 9.17) is 9.84 Å². The van der Waals surface area contributed by atoms with Gasteiger partial charge in [0, 0.05) is 58.7 Å². The number of hydrogen-bond acceptors (Lipinski definition) is 7. The summed E-state index contributed by atoms with van der Waals surface area (Å²) in [6.07, 6.45) is 3.66. The number of allylic oxidation sites excluding steroid dienone is 2. The highest BCUT2D eigenvalue weighted by molar-refractivity contribution is 6.23. The van der Waals surface area contributed by atoms with E-state index in [1.54, 1.807) is 11.0 Å². The molecule has 8 nitrogen and oxygen atoms in total. The summed E-state index contributed by atoms with van der Waals surface area (Å²) in [4.78, 5) is 43.9. The van der Waals surface area contributed by atoms with Crippen LogP contribution < -0.4 is 0 Å². The van der Waals surface area contributed by atoms with Crippen LogP contribution in [0.5, 0.6) is 0 Å². The average Bonchev–Trinajstić information content (AvgIpc) is 2.74. The van der Waals surface area contributed by atoms with E-state index in [1.807, 2.05) is 0 Å². The molecule has 0 atom stereocenters. The molecule has 2 heterocycles. The summed E-state index contributed by atoms with van der Waals surface area (Å²) < 4.78 is 5.26. The lowest BCUT2D eigenvalue weighted by molar-refractivity contribution is -0.144. The fourth-order valence-electron chi connectivity index (χ4n) is 4.28. The van der Waals surface area contributed by atoms with Gasteiger partial charge in [-0.15, -0.1) is 0 Å². The number of rotatable bonds is 7. The zero-order valence-electron chi connectivity index (χ0n) is 17.2. The van der Waals surface area contributed by atoms with Crippen LogP contribution in [0.3, 0.4) is 0 Å². The number of carbonyl (C=O) groups excluding carboxylic acids is 3.